The zero-order valence-electron chi connectivity index (χ0n) is 38.2. The van der Waals surface area contributed by atoms with Gasteiger partial charge in [-0.25, -0.2) is 28.8 Å². The van der Waals surface area contributed by atoms with Crippen molar-refractivity contribution in [2.45, 2.75) is 42.5 Å². The summed E-state index contributed by atoms with van der Waals surface area (Å²) < 4.78 is 82.0. The van der Waals surface area contributed by atoms with Crippen molar-refractivity contribution >= 4 is 42.6 Å². The molecule has 0 amide bonds. The van der Waals surface area contributed by atoms with Gasteiger partial charge in [-0.2, -0.15) is 0 Å². The van der Waals surface area contributed by atoms with Crippen LogP contribution in [0.2, 0.25) is 0 Å². The van der Waals surface area contributed by atoms with Crippen LogP contribution in [0.3, 0.4) is 0 Å². The molecule has 10 rings (SSSR count). The Balaban J connectivity index is 0.000000192. The van der Waals surface area contributed by atoms with Gasteiger partial charge in [0.1, 0.15) is 89.1 Å². The summed E-state index contributed by atoms with van der Waals surface area (Å²) in [6, 6.07) is 30.2. The minimum absolute atomic E-state index is 0.144. The number of ether oxygens (including phenoxy) is 16. The first kappa shape index (κ1) is 48.5. The van der Waals surface area contributed by atoms with Gasteiger partial charge in [-0.3, -0.25) is 0 Å². The fourth-order valence-electron chi connectivity index (χ4n) is 7.83. The van der Waals surface area contributed by atoms with Crippen LogP contribution in [0.4, 0.5) is 34.5 Å². The molecule has 23 heteroatoms. The number of rotatable bonds is 20. The highest BCUT2D eigenvalue weighted by molar-refractivity contribution is 5.64. The molecule has 0 aliphatic carbocycles. The summed E-state index contributed by atoms with van der Waals surface area (Å²) >= 11 is 0. The molecule has 4 aromatic rings. The molecule has 4 aromatic carbocycles. The van der Waals surface area contributed by atoms with E-state index in [1.54, 1.807) is 12.1 Å². The molecule has 0 spiro atoms. The maximum atomic E-state index is 11.2. The number of anilines is 1. The molecule has 0 bridgehead atoms. The van der Waals surface area contributed by atoms with Crippen molar-refractivity contribution < 1.29 is 105 Å². The van der Waals surface area contributed by atoms with Gasteiger partial charge < -0.3 is 80.7 Å². The lowest BCUT2D eigenvalue weighted by Gasteiger charge is -2.28. The number of hydrogen-bond donors (Lipinski definition) is 0. The van der Waals surface area contributed by atoms with Gasteiger partial charge in [-0.1, -0.05) is 36.4 Å². The fraction of sp³-hybridized carbons (Fsp3) is 0.388. The Labute approximate surface area is 409 Å². The van der Waals surface area contributed by atoms with Crippen molar-refractivity contribution in [2.24, 2.45) is 0 Å². The van der Waals surface area contributed by atoms with Crippen LogP contribution in [-0.2, 0) is 56.8 Å². The molecule has 72 heavy (non-hydrogen) atoms. The molecule has 6 saturated heterocycles. The Morgan fingerprint density at radius 1 is 0.347 bits per heavy atom. The number of carbonyl (C=O) groups excluding carboxylic acids is 6. The second-order valence-electron chi connectivity index (χ2n) is 16.6. The molecule has 0 saturated carbocycles. The SMILES string of the molecule is O=C1OCC(COc2ccc(C(c3ccc(OCC4COC(=O)O4)cc3)c3ccc(OCC4COC(=O)O4)cc3)cc2)O1.O=C1OCC(COc2ccc(N(CC3COC(=O)O3)CC3COC(=O)O3)cc2)O1. The van der Waals surface area contributed by atoms with Crippen LogP contribution >= 0.6 is 0 Å². The van der Waals surface area contributed by atoms with E-state index in [0.29, 0.717) is 36.1 Å². The quantitative estimate of drug-likeness (QED) is 0.0552. The lowest BCUT2D eigenvalue weighted by Crippen LogP contribution is -2.39. The number of benzene rings is 4. The Kier molecular flexibility index (Phi) is 15.5. The van der Waals surface area contributed by atoms with Crippen LogP contribution in [0.15, 0.2) is 97.1 Å². The topological polar surface area (TPSA) is 253 Å². The summed E-state index contributed by atoms with van der Waals surface area (Å²) in [5, 5.41) is 0. The average molecular weight is 1000 g/mol. The number of hydrogen-bond acceptors (Lipinski definition) is 23. The highest BCUT2D eigenvalue weighted by atomic mass is 16.8. The van der Waals surface area contributed by atoms with E-state index in [9.17, 15) is 28.8 Å². The zero-order chi connectivity index (χ0) is 49.8. The second kappa shape index (κ2) is 22.9. The maximum Gasteiger partial charge on any atom is 0.508 e. The van der Waals surface area contributed by atoms with Crippen molar-refractivity contribution in [1.29, 1.82) is 0 Å². The second-order valence-corrected chi connectivity index (χ2v) is 16.6. The van der Waals surface area contributed by atoms with Gasteiger partial charge >= 0.3 is 36.9 Å². The number of cyclic esters (lactones) is 12. The molecule has 6 fully saturated rings. The van der Waals surface area contributed by atoms with Gasteiger partial charge in [0, 0.05) is 11.6 Å². The summed E-state index contributed by atoms with van der Waals surface area (Å²) in [7, 11) is 0. The molecule has 380 valence electrons. The highest BCUT2D eigenvalue weighted by Crippen LogP contribution is 2.35. The summed E-state index contributed by atoms with van der Waals surface area (Å²) in [5.74, 6) is 2.33. The van der Waals surface area contributed by atoms with E-state index in [1.807, 2.05) is 89.8 Å². The first-order valence-electron chi connectivity index (χ1n) is 22.7. The Morgan fingerprint density at radius 2 is 0.583 bits per heavy atom. The smallest absolute Gasteiger partial charge is 0.490 e. The maximum absolute atomic E-state index is 11.2. The van der Waals surface area contributed by atoms with Crippen LogP contribution in [0.5, 0.6) is 23.0 Å². The number of nitrogens with zero attached hydrogens (tertiary/aromatic N) is 1. The third-order valence-electron chi connectivity index (χ3n) is 11.3. The van der Waals surface area contributed by atoms with E-state index >= 15 is 0 Å². The van der Waals surface area contributed by atoms with Crippen LogP contribution in [-0.4, -0.2) is 153 Å². The molecule has 0 aromatic heterocycles. The van der Waals surface area contributed by atoms with Crippen molar-refractivity contribution in [2.75, 3.05) is 84.1 Å². The predicted octanol–water partition coefficient (Wildman–Crippen LogP) is 6.09. The van der Waals surface area contributed by atoms with Crippen LogP contribution < -0.4 is 23.8 Å². The average Bonchev–Trinajstić information content (AvgIpc) is 4.29. The third-order valence-corrected chi connectivity index (χ3v) is 11.3. The molecule has 6 atom stereocenters. The molecular weight excluding hydrogens is 955 g/mol. The molecule has 6 heterocycles. The van der Waals surface area contributed by atoms with E-state index in [1.165, 1.54) is 0 Å². The van der Waals surface area contributed by atoms with E-state index in [2.05, 4.69) is 0 Å². The largest absolute Gasteiger partial charge is 0.508 e. The number of carbonyl (C=O) groups is 6. The van der Waals surface area contributed by atoms with Gasteiger partial charge in [0.2, 0.25) is 0 Å². The Hall–Kier alpha value is -8.50. The highest BCUT2D eigenvalue weighted by Gasteiger charge is 2.33. The third kappa shape index (κ3) is 13.4. The van der Waals surface area contributed by atoms with Crippen LogP contribution in [0.1, 0.15) is 22.6 Å². The van der Waals surface area contributed by atoms with Gasteiger partial charge in [0.05, 0.1) is 13.1 Å². The summed E-state index contributed by atoms with van der Waals surface area (Å²) in [5.41, 5.74) is 3.83. The normalized spacial score (nSPS) is 23.1. The van der Waals surface area contributed by atoms with Gasteiger partial charge in [0.25, 0.3) is 0 Å². The minimum atomic E-state index is -0.703. The van der Waals surface area contributed by atoms with E-state index < -0.39 is 73.6 Å². The first-order valence-corrected chi connectivity index (χ1v) is 22.7. The molecule has 0 radical (unpaired) electrons. The standard InChI is InChI=1S/C31H28O12.C18H19NO10/c32-29-38-16-25(41-29)13-35-22-7-1-19(2-8-22)28(20-3-9-23(10-4-20)36-14-26-17-39-30(33)42-26)21-5-11-24(12-6-21)37-15-27-18-40-31(34)43-27;20-16-24-7-13(27-16)5-19(6-14-8-25-17(21)28-14)11-1-3-12(4-2-11)23-9-15-10-26-18(22)29-15/h1-12,25-28H,13-18H2;1-4,13-15H,5-10H2. The van der Waals surface area contributed by atoms with Gasteiger partial charge in [-0.15, -0.1) is 0 Å². The Bertz CT molecular complexity index is 2320. The summed E-state index contributed by atoms with van der Waals surface area (Å²) in [6.45, 7) is 2.42. The first-order chi connectivity index (χ1) is 35.0. The van der Waals surface area contributed by atoms with Gasteiger partial charge in [0.15, 0.2) is 36.6 Å². The molecule has 6 aliphatic heterocycles. The molecular formula is C49H47NO22. The van der Waals surface area contributed by atoms with Crippen molar-refractivity contribution in [3.05, 3.63) is 114 Å². The van der Waals surface area contributed by atoms with Crippen molar-refractivity contribution in [3.63, 3.8) is 0 Å². The van der Waals surface area contributed by atoms with Crippen LogP contribution in [0.25, 0.3) is 0 Å². The lowest BCUT2D eigenvalue weighted by atomic mass is 9.85. The lowest BCUT2D eigenvalue weighted by molar-refractivity contribution is 0.0977. The summed E-state index contributed by atoms with van der Waals surface area (Å²) in [6.07, 6.45) is -6.80. The van der Waals surface area contributed by atoms with Crippen LogP contribution in [0, 0.1) is 0 Å². The van der Waals surface area contributed by atoms with E-state index in [-0.39, 0.29) is 72.0 Å². The molecule has 0 N–H and O–H groups in total. The molecule has 23 nitrogen and oxygen atoms in total. The predicted molar refractivity (Wildman–Crippen MR) is 238 cm³/mol. The monoisotopic (exact) mass is 1000 g/mol. The van der Waals surface area contributed by atoms with Gasteiger partial charge in [-0.05, 0) is 77.4 Å². The van der Waals surface area contributed by atoms with Crippen molar-refractivity contribution in [1.82, 2.24) is 0 Å². The van der Waals surface area contributed by atoms with E-state index in [0.717, 1.165) is 22.4 Å². The summed E-state index contributed by atoms with van der Waals surface area (Å²) in [4.78, 5) is 68.7. The van der Waals surface area contributed by atoms with Crippen molar-refractivity contribution in [3.8, 4) is 23.0 Å². The fourth-order valence-corrected chi connectivity index (χ4v) is 7.83. The zero-order valence-corrected chi connectivity index (χ0v) is 38.2. The molecule has 6 unspecified atom stereocenters. The molecule has 6 aliphatic rings. The minimum Gasteiger partial charge on any atom is -0.490 e. The Morgan fingerprint density at radius 3 is 0.819 bits per heavy atom. The van der Waals surface area contributed by atoms with E-state index in [4.69, 9.17) is 75.8 Å².